The van der Waals surface area contributed by atoms with E-state index in [0.717, 1.165) is 25.7 Å². The Labute approximate surface area is 203 Å². The highest BCUT2D eigenvalue weighted by Gasteiger charge is 2.45. The first-order valence-corrected chi connectivity index (χ1v) is 11.8. The Kier molecular flexibility index (Phi) is 8.05. The van der Waals surface area contributed by atoms with Crippen LogP contribution in [-0.2, 0) is 23.9 Å². The Bertz CT molecular complexity index is 881. The van der Waals surface area contributed by atoms with E-state index in [-0.39, 0.29) is 42.1 Å². The maximum atomic E-state index is 13.7. The molecule has 2 fully saturated rings. The highest BCUT2D eigenvalue weighted by atomic mass is 35.5. The molecular weight excluding hydrogens is 471 g/mol. The van der Waals surface area contributed by atoms with E-state index < -0.39 is 29.3 Å². The first-order chi connectivity index (χ1) is 15.5. The van der Waals surface area contributed by atoms with E-state index in [9.17, 15) is 14.4 Å². The molecule has 1 amide bonds. The van der Waals surface area contributed by atoms with Crippen molar-refractivity contribution in [1.29, 1.82) is 0 Å². The van der Waals surface area contributed by atoms with Crippen molar-refractivity contribution in [3.8, 4) is 0 Å². The summed E-state index contributed by atoms with van der Waals surface area (Å²) in [7, 11) is 1.27. The van der Waals surface area contributed by atoms with Crippen molar-refractivity contribution >= 4 is 46.9 Å². The van der Waals surface area contributed by atoms with Crippen LogP contribution in [0.1, 0.15) is 52.9 Å². The van der Waals surface area contributed by atoms with E-state index in [4.69, 9.17) is 32.7 Å². The third-order valence-corrected chi connectivity index (χ3v) is 6.50. The van der Waals surface area contributed by atoms with Crippen LogP contribution in [0, 0.1) is 11.3 Å². The molecule has 2 heterocycles. The van der Waals surface area contributed by atoms with E-state index in [1.807, 2.05) is 20.8 Å². The number of hydrogen-bond donors (Lipinski definition) is 0. The Balaban J connectivity index is 1.82. The number of methoxy groups -OCH3 is 1. The highest BCUT2D eigenvalue weighted by molar-refractivity contribution is 6.32. The van der Waals surface area contributed by atoms with Gasteiger partial charge in [0.1, 0.15) is 23.1 Å². The quantitative estimate of drug-likeness (QED) is 0.332. The number of esters is 2. The van der Waals surface area contributed by atoms with Crippen LogP contribution in [0.2, 0.25) is 10.4 Å². The van der Waals surface area contributed by atoms with Crippen LogP contribution < -0.4 is 4.90 Å². The molecule has 0 N–H and O–H groups in total. The minimum atomic E-state index is -0.870. The number of halogens is 2. The van der Waals surface area contributed by atoms with Gasteiger partial charge in [-0.3, -0.25) is 9.59 Å². The van der Waals surface area contributed by atoms with Crippen LogP contribution in [0.25, 0.3) is 0 Å². The number of carbonyl (C=O) groups excluding carboxylic acids is 3. The molecule has 2 aliphatic rings. The average molecular weight is 501 g/mol. The van der Waals surface area contributed by atoms with Crippen molar-refractivity contribution in [3.63, 3.8) is 0 Å². The second-order valence-electron chi connectivity index (χ2n) is 9.55. The van der Waals surface area contributed by atoms with Crippen LogP contribution >= 0.6 is 23.2 Å². The summed E-state index contributed by atoms with van der Waals surface area (Å²) in [4.78, 5) is 50.0. The number of anilines is 1. The van der Waals surface area contributed by atoms with Crippen LogP contribution in [0.3, 0.4) is 0 Å². The molecule has 1 aromatic heterocycles. The minimum absolute atomic E-state index is 0.0425. The maximum absolute atomic E-state index is 13.7. The van der Waals surface area contributed by atoms with Gasteiger partial charge in [-0.2, -0.15) is 0 Å². The number of hydrogen-bond acceptors (Lipinski definition) is 8. The van der Waals surface area contributed by atoms with Crippen LogP contribution in [0.15, 0.2) is 6.07 Å². The zero-order valence-electron chi connectivity index (χ0n) is 19.3. The second-order valence-corrected chi connectivity index (χ2v) is 10.3. The lowest BCUT2D eigenvalue weighted by atomic mass is 9.77. The molecule has 1 saturated carbocycles. The van der Waals surface area contributed by atoms with E-state index in [0.29, 0.717) is 5.82 Å². The van der Waals surface area contributed by atoms with Crippen LogP contribution in [0.5, 0.6) is 0 Å². The SMILES string of the molecule is COC(=O)[C@@H]1CN(c2cc(Cl)nc(Cl)n2)CN1C(=O)[C@@H](CC(=O)OC1CCCC1)C(C)(C)C. The summed E-state index contributed by atoms with van der Waals surface area (Å²) in [6.45, 7) is 5.88. The van der Waals surface area contributed by atoms with Gasteiger partial charge in [-0.1, -0.05) is 32.4 Å². The molecule has 0 radical (unpaired) electrons. The van der Waals surface area contributed by atoms with Crippen molar-refractivity contribution in [2.24, 2.45) is 11.3 Å². The number of amides is 1. The first-order valence-electron chi connectivity index (χ1n) is 11.0. The fourth-order valence-electron chi connectivity index (χ4n) is 4.29. The third-order valence-electron chi connectivity index (χ3n) is 6.14. The average Bonchev–Trinajstić information content (AvgIpc) is 3.39. The van der Waals surface area contributed by atoms with E-state index >= 15 is 0 Å². The molecule has 11 heteroatoms. The van der Waals surface area contributed by atoms with Gasteiger partial charge in [0.15, 0.2) is 0 Å². The highest BCUT2D eigenvalue weighted by Crippen LogP contribution is 2.34. The molecule has 2 atom stereocenters. The third kappa shape index (κ3) is 6.26. The minimum Gasteiger partial charge on any atom is -0.467 e. The number of carbonyl (C=O) groups is 3. The summed E-state index contributed by atoms with van der Waals surface area (Å²) < 4.78 is 10.5. The number of rotatable bonds is 6. The Morgan fingerprint density at radius 1 is 1.18 bits per heavy atom. The molecule has 9 nitrogen and oxygen atoms in total. The van der Waals surface area contributed by atoms with Crippen molar-refractivity contribution in [2.45, 2.75) is 65.0 Å². The van der Waals surface area contributed by atoms with Gasteiger partial charge in [0.2, 0.25) is 11.2 Å². The molecule has 0 bridgehead atoms. The fourth-order valence-corrected chi connectivity index (χ4v) is 4.68. The summed E-state index contributed by atoms with van der Waals surface area (Å²) in [6.07, 6.45) is 3.66. The topological polar surface area (TPSA) is 102 Å². The van der Waals surface area contributed by atoms with Gasteiger partial charge in [0.05, 0.1) is 32.7 Å². The van der Waals surface area contributed by atoms with Crippen molar-refractivity contribution < 1.29 is 23.9 Å². The summed E-state index contributed by atoms with van der Waals surface area (Å²) in [6, 6.07) is 0.640. The lowest BCUT2D eigenvalue weighted by Gasteiger charge is -2.34. The number of ether oxygens (including phenoxy) is 2. The monoisotopic (exact) mass is 500 g/mol. The summed E-state index contributed by atoms with van der Waals surface area (Å²) in [5, 5.41) is 0.103. The standard InChI is InChI=1S/C22H30Cl2N4O5/c1-22(2,3)14(9-18(29)33-13-7-5-6-8-13)19(30)28-12-27(11-15(28)20(31)32-4)17-10-16(23)25-21(24)26-17/h10,13-15H,5-9,11-12H2,1-4H3/t14-,15+/m1/s1. The first kappa shape index (κ1) is 25.5. The molecule has 1 aliphatic carbocycles. The molecule has 1 saturated heterocycles. The van der Waals surface area contributed by atoms with Gasteiger partial charge in [-0.05, 0) is 42.7 Å². The molecule has 1 aliphatic heterocycles. The maximum Gasteiger partial charge on any atom is 0.330 e. The van der Waals surface area contributed by atoms with Crippen LogP contribution in [-0.4, -0.2) is 65.2 Å². The summed E-state index contributed by atoms with van der Waals surface area (Å²) in [5.41, 5.74) is -0.540. The predicted molar refractivity (Wildman–Crippen MR) is 123 cm³/mol. The molecular formula is C22H30Cl2N4O5. The van der Waals surface area contributed by atoms with Gasteiger partial charge < -0.3 is 19.3 Å². The summed E-state index contributed by atoms with van der Waals surface area (Å²) in [5.74, 6) is -1.57. The zero-order valence-corrected chi connectivity index (χ0v) is 20.9. The molecule has 0 unspecified atom stereocenters. The second kappa shape index (κ2) is 10.4. The molecule has 0 aromatic carbocycles. The zero-order chi connectivity index (χ0) is 24.3. The van der Waals surface area contributed by atoms with Crippen molar-refractivity contribution in [2.75, 3.05) is 25.2 Å². The van der Waals surface area contributed by atoms with E-state index in [1.54, 1.807) is 4.90 Å². The lowest BCUT2D eigenvalue weighted by molar-refractivity contribution is -0.158. The largest absolute Gasteiger partial charge is 0.467 e. The van der Waals surface area contributed by atoms with E-state index in [1.165, 1.54) is 18.1 Å². The molecule has 33 heavy (non-hydrogen) atoms. The van der Waals surface area contributed by atoms with Crippen molar-refractivity contribution in [1.82, 2.24) is 14.9 Å². The predicted octanol–water partition coefficient (Wildman–Crippen LogP) is 3.47. The smallest absolute Gasteiger partial charge is 0.330 e. The normalized spacial score (nSPS) is 20.1. The van der Waals surface area contributed by atoms with Gasteiger partial charge in [-0.25, -0.2) is 14.8 Å². The molecule has 0 spiro atoms. The molecule has 182 valence electrons. The molecule has 3 rings (SSSR count). The van der Waals surface area contributed by atoms with Crippen molar-refractivity contribution in [3.05, 3.63) is 16.5 Å². The van der Waals surface area contributed by atoms with Crippen LogP contribution in [0.4, 0.5) is 5.82 Å². The summed E-state index contributed by atoms with van der Waals surface area (Å²) >= 11 is 11.9. The van der Waals surface area contributed by atoms with Gasteiger partial charge in [0.25, 0.3) is 0 Å². The van der Waals surface area contributed by atoms with Gasteiger partial charge >= 0.3 is 11.9 Å². The van der Waals surface area contributed by atoms with E-state index in [2.05, 4.69) is 9.97 Å². The lowest BCUT2D eigenvalue weighted by Crippen LogP contribution is -2.48. The Morgan fingerprint density at radius 3 is 2.42 bits per heavy atom. The molecule has 1 aromatic rings. The fraction of sp³-hybridized carbons (Fsp3) is 0.682. The number of nitrogens with zero attached hydrogens (tertiary/aromatic N) is 4. The van der Waals surface area contributed by atoms with Gasteiger partial charge in [-0.15, -0.1) is 0 Å². The number of aromatic nitrogens is 2. The van der Waals surface area contributed by atoms with Gasteiger partial charge in [0, 0.05) is 6.07 Å². The Hall–Kier alpha value is -2.13. The Morgan fingerprint density at radius 2 is 1.85 bits per heavy atom.